The van der Waals surface area contributed by atoms with Crippen molar-refractivity contribution < 1.29 is 4.79 Å². The molecular formula is C28H30N4O. The first kappa shape index (κ1) is 21.3. The number of benzene rings is 3. The van der Waals surface area contributed by atoms with Gasteiger partial charge in [0, 0.05) is 29.2 Å². The Morgan fingerprint density at radius 2 is 1.64 bits per heavy atom. The summed E-state index contributed by atoms with van der Waals surface area (Å²) in [5.74, 6) is -0.125. The summed E-state index contributed by atoms with van der Waals surface area (Å²) in [4.78, 5) is 15.5. The van der Waals surface area contributed by atoms with Gasteiger partial charge in [-0.15, -0.1) is 0 Å². The lowest BCUT2D eigenvalue weighted by atomic mass is 9.99. The molecule has 0 atom stereocenters. The molecule has 4 N–H and O–H groups in total. The Kier molecular flexibility index (Phi) is 6.13. The predicted octanol–water partition coefficient (Wildman–Crippen LogP) is 5.58. The third-order valence-electron chi connectivity index (χ3n) is 6.43. The van der Waals surface area contributed by atoms with E-state index in [4.69, 9.17) is 5.73 Å². The van der Waals surface area contributed by atoms with E-state index in [1.807, 2.05) is 42.5 Å². The molecule has 0 unspecified atom stereocenters. The number of nitrogens with one attached hydrogen (secondary N) is 2. The minimum atomic E-state index is -0.125. The van der Waals surface area contributed by atoms with E-state index in [0.717, 1.165) is 34.7 Å². The Morgan fingerprint density at radius 1 is 0.909 bits per heavy atom. The van der Waals surface area contributed by atoms with Crippen molar-refractivity contribution in [3.63, 3.8) is 0 Å². The van der Waals surface area contributed by atoms with Crippen LogP contribution in [0.3, 0.4) is 0 Å². The van der Waals surface area contributed by atoms with E-state index >= 15 is 0 Å². The Balaban J connectivity index is 1.45. The second-order valence-corrected chi connectivity index (χ2v) is 8.89. The number of hydrogen-bond donors (Lipinski definition) is 3. The van der Waals surface area contributed by atoms with Crippen LogP contribution in [0, 0.1) is 0 Å². The van der Waals surface area contributed by atoms with Gasteiger partial charge in [-0.1, -0.05) is 55.3 Å². The monoisotopic (exact) mass is 438 g/mol. The molecule has 1 fully saturated rings. The lowest BCUT2D eigenvalue weighted by Crippen LogP contribution is -2.23. The second-order valence-electron chi connectivity index (χ2n) is 8.89. The van der Waals surface area contributed by atoms with Gasteiger partial charge in [-0.2, -0.15) is 0 Å². The first-order valence-corrected chi connectivity index (χ1v) is 11.8. The highest BCUT2D eigenvalue weighted by atomic mass is 16.2. The number of hydrogen-bond acceptors (Lipinski definition) is 4. The number of carbonyl (C=O) groups excluding carboxylic acids is 1. The molecule has 1 amide bonds. The van der Waals surface area contributed by atoms with E-state index in [9.17, 15) is 4.79 Å². The van der Waals surface area contributed by atoms with Gasteiger partial charge in [0.2, 0.25) is 0 Å². The van der Waals surface area contributed by atoms with Crippen LogP contribution in [-0.2, 0) is 11.3 Å². The fraction of sp³-hybridized carbons (Fsp3) is 0.250. The molecule has 168 valence electrons. The van der Waals surface area contributed by atoms with E-state index < -0.39 is 0 Å². The minimum absolute atomic E-state index is 0.125. The van der Waals surface area contributed by atoms with Crippen LogP contribution < -0.4 is 16.4 Å². The summed E-state index contributed by atoms with van der Waals surface area (Å²) in [6.07, 6.45) is 5.28. The third-order valence-corrected chi connectivity index (χ3v) is 6.43. The summed E-state index contributed by atoms with van der Waals surface area (Å²) in [5, 5.41) is 6.51. The Labute approximate surface area is 195 Å². The molecule has 3 aromatic carbocycles. The van der Waals surface area contributed by atoms with Gasteiger partial charge in [0.1, 0.15) is 0 Å². The maximum Gasteiger partial charge on any atom is 0.258 e. The Bertz CT molecular complexity index is 1160. The normalized spacial score (nSPS) is 17.8. The summed E-state index contributed by atoms with van der Waals surface area (Å²) >= 11 is 0. The molecule has 0 spiro atoms. The van der Waals surface area contributed by atoms with Crippen LogP contribution >= 0.6 is 0 Å². The van der Waals surface area contributed by atoms with Crippen LogP contribution in [0.5, 0.6) is 0 Å². The van der Waals surface area contributed by atoms with Gasteiger partial charge in [-0.25, -0.2) is 0 Å². The number of likely N-dealkylation sites (tertiary alicyclic amines) is 1. The van der Waals surface area contributed by atoms with Crippen LogP contribution in [0.4, 0.5) is 17.1 Å². The van der Waals surface area contributed by atoms with Crippen molar-refractivity contribution in [2.75, 3.05) is 29.5 Å². The summed E-state index contributed by atoms with van der Waals surface area (Å²) in [7, 11) is 0. The maximum atomic E-state index is 13.0. The molecule has 5 nitrogen and oxygen atoms in total. The number of nitrogens with two attached hydrogens (primary N) is 1. The zero-order valence-electron chi connectivity index (χ0n) is 18.8. The van der Waals surface area contributed by atoms with Gasteiger partial charge < -0.3 is 16.4 Å². The Hall–Kier alpha value is -3.57. The van der Waals surface area contributed by atoms with Crippen LogP contribution in [0.25, 0.3) is 11.3 Å². The zero-order chi connectivity index (χ0) is 22.6. The number of nitrogen functional groups attached to an aromatic ring is 1. The fourth-order valence-corrected chi connectivity index (χ4v) is 4.71. The molecule has 1 saturated heterocycles. The molecule has 0 aliphatic carbocycles. The highest BCUT2D eigenvalue weighted by Crippen LogP contribution is 2.38. The van der Waals surface area contributed by atoms with Gasteiger partial charge in [-0.3, -0.25) is 9.69 Å². The lowest BCUT2D eigenvalue weighted by Gasteiger charge is -2.20. The molecular weight excluding hydrogens is 408 g/mol. The molecule has 5 heteroatoms. The van der Waals surface area contributed by atoms with Crippen molar-refractivity contribution in [2.24, 2.45) is 0 Å². The minimum Gasteiger partial charge on any atom is -0.399 e. The summed E-state index contributed by atoms with van der Waals surface area (Å²) < 4.78 is 0. The Morgan fingerprint density at radius 3 is 2.36 bits per heavy atom. The number of amides is 1. The third kappa shape index (κ3) is 4.78. The lowest BCUT2D eigenvalue weighted by molar-refractivity contribution is -0.110. The van der Waals surface area contributed by atoms with Gasteiger partial charge in [0.25, 0.3) is 5.91 Å². The summed E-state index contributed by atoms with van der Waals surface area (Å²) in [6, 6.07) is 24.1. The first-order valence-electron chi connectivity index (χ1n) is 11.8. The van der Waals surface area contributed by atoms with Crippen LogP contribution in [0.2, 0.25) is 0 Å². The van der Waals surface area contributed by atoms with E-state index in [1.54, 1.807) is 6.07 Å². The molecule has 0 bridgehead atoms. The number of carbonyl (C=O) groups is 1. The highest BCUT2D eigenvalue weighted by molar-refractivity contribution is 6.37. The summed E-state index contributed by atoms with van der Waals surface area (Å²) in [5.41, 5.74) is 12.9. The van der Waals surface area contributed by atoms with Gasteiger partial charge in [0.05, 0.1) is 11.3 Å². The molecule has 0 saturated carbocycles. The zero-order valence-corrected chi connectivity index (χ0v) is 18.8. The molecule has 2 aliphatic heterocycles. The standard InChI is InChI=1S/C28H30N4O/c29-22-12-15-25-24(18-22)26(28(33)31-25)27(21-8-4-3-5-9-21)30-23-13-10-20(11-14-23)19-32-16-6-1-2-7-17-32/h3-5,8-15,18,30H,1-2,6-7,16-17,19,29H2,(H,31,33)/b27-26-. The largest absolute Gasteiger partial charge is 0.399 e. The van der Waals surface area contributed by atoms with Gasteiger partial charge in [0.15, 0.2) is 0 Å². The number of rotatable bonds is 5. The molecule has 5 rings (SSSR count). The molecule has 33 heavy (non-hydrogen) atoms. The van der Waals surface area contributed by atoms with E-state index in [1.165, 1.54) is 44.3 Å². The van der Waals surface area contributed by atoms with E-state index in [2.05, 4.69) is 39.8 Å². The number of fused-ring (bicyclic) bond motifs is 1. The van der Waals surface area contributed by atoms with Crippen LogP contribution in [0.15, 0.2) is 72.8 Å². The van der Waals surface area contributed by atoms with E-state index in [-0.39, 0.29) is 5.91 Å². The topological polar surface area (TPSA) is 70.4 Å². The summed E-state index contributed by atoms with van der Waals surface area (Å²) in [6.45, 7) is 3.35. The molecule has 0 radical (unpaired) electrons. The molecule has 2 aliphatic rings. The number of anilines is 3. The second kappa shape index (κ2) is 9.51. The highest BCUT2D eigenvalue weighted by Gasteiger charge is 2.28. The van der Waals surface area contributed by atoms with Gasteiger partial charge in [-0.05, 0) is 67.4 Å². The number of nitrogens with zero attached hydrogens (tertiary/aromatic N) is 1. The van der Waals surface area contributed by atoms with Crippen molar-refractivity contribution in [1.82, 2.24) is 4.90 Å². The first-order chi connectivity index (χ1) is 16.2. The quantitative estimate of drug-likeness (QED) is 0.359. The van der Waals surface area contributed by atoms with Crippen molar-refractivity contribution in [3.8, 4) is 0 Å². The van der Waals surface area contributed by atoms with E-state index in [0.29, 0.717) is 11.3 Å². The fourth-order valence-electron chi connectivity index (χ4n) is 4.71. The van der Waals surface area contributed by atoms with Crippen molar-refractivity contribution >= 4 is 34.2 Å². The van der Waals surface area contributed by atoms with Gasteiger partial charge >= 0.3 is 0 Å². The average Bonchev–Trinajstić information content (AvgIpc) is 2.98. The average molecular weight is 439 g/mol. The SMILES string of the molecule is Nc1ccc2c(c1)/C(=C(/Nc1ccc(CN3CCCCCC3)cc1)c1ccccc1)C(=O)N2. The predicted molar refractivity (Wildman–Crippen MR) is 137 cm³/mol. The maximum absolute atomic E-state index is 13.0. The van der Waals surface area contributed by atoms with Crippen LogP contribution in [-0.4, -0.2) is 23.9 Å². The van der Waals surface area contributed by atoms with Crippen LogP contribution in [0.1, 0.15) is 42.4 Å². The van der Waals surface area contributed by atoms with Crippen molar-refractivity contribution in [3.05, 3.63) is 89.5 Å². The smallest absolute Gasteiger partial charge is 0.258 e. The van der Waals surface area contributed by atoms with Crippen molar-refractivity contribution in [1.29, 1.82) is 0 Å². The van der Waals surface area contributed by atoms with Crippen molar-refractivity contribution in [2.45, 2.75) is 32.2 Å². The molecule has 2 heterocycles. The molecule has 0 aromatic heterocycles. The molecule has 3 aromatic rings.